The molecule has 1 aromatic heterocycles. The molecule has 0 saturated heterocycles. The molecule has 3 nitrogen and oxygen atoms in total. The number of hydrogen-bond donors (Lipinski definition) is 1. The summed E-state index contributed by atoms with van der Waals surface area (Å²) in [4.78, 5) is 0. The Labute approximate surface area is 118 Å². The van der Waals surface area contributed by atoms with Crippen LogP contribution in [0.1, 0.15) is 5.56 Å². The van der Waals surface area contributed by atoms with Gasteiger partial charge in [0.05, 0.1) is 18.3 Å². The van der Waals surface area contributed by atoms with Crippen LogP contribution in [-0.2, 0) is 13.0 Å². The zero-order valence-corrected chi connectivity index (χ0v) is 11.5. The van der Waals surface area contributed by atoms with Gasteiger partial charge in [0.15, 0.2) is 0 Å². The highest BCUT2D eigenvalue weighted by Crippen LogP contribution is 2.22. The van der Waals surface area contributed by atoms with Gasteiger partial charge < -0.3 is 15.0 Å². The Morgan fingerprint density at radius 1 is 1.05 bits per heavy atom. The Balaban J connectivity index is 1.79. The number of aromatic nitrogens is 1. The molecule has 0 bridgehead atoms. The zero-order valence-electron chi connectivity index (χ0n) is 11.5. The van der Waals surface area contributed by atoms with Crippen LogP contribution >= 0.6 is 0 Å². The van der Waals surface area contributed by atoms with Gasteiger partial charge in [-0.25, -0.2) is 0 Å². The second-order valence-corrected chi connectivity index (χ2v) is 4.89. The van der Waals surface area contributed by atoms with Gasteiger partial charge >= 0.3 is 0 Å². The van der Waals surface area contributed by atoms with Gasteiger partial charge in [-0.05, 0) is 36.2 Å². The highest BCUT2D eigenvalue weighted by atomic mass is 16.5. The van der Waals surface area contributed by atoms with Crippen molar-refractivity contribution in [2.24, 2.45) is 0 Å². The van der Waals surface area contributed by atoms with Gasteiger partial charge in [0.25, 0.3) is 0 Å². The molecule has 3 aromatic rings. The van der Waals surface area contributed by atoms with Crippen LogP contribution < -0.4 is 10.5 Å². The van der Waals surface area contributed by atoms with Crippen molar-refractivity contribution in [2.45, 2.75) is 13.0 Å². The third-order valence-electron chi connectivity index (χ3n) is 3.62. The van der Waals surface area contributed by atoms with Crippen molar-refractivity contribution in [1.29, 1.82) is 0 Å². The molecular weight excluding hydrogens is 248 g/mol. The van der Waals surface area contributed by atoms with Gasteiger partial charge in [-0.3, -0.25) is 0 Å². The van der Waals surface area contributed by atoms with Crippen LogP contribution in [0.25, 0.3) is 10.9 Å². The number of nitrogens with two attached hydrogens (primary N) is 1. The smallest absolute Gasteiger partial charge is 0.118 e. The molecule has 2 N–H and O–H groups in total. The highest BCUT2D eigenvalue weighted by molar-refractivity contribution is 5.90. The lowest BCUT2D eigenvalue weighted by Gasteiger charge is -2.08. The molecule has 0 aliphatic rings. The van der Waals surface area contributed by atoms with Crippen molar-refractivity contribution >= 4 is 16.6 Å². The summed E-state index contributed by atoms with van der Waals surface area (Å²) in [5.74, 6) is 0.893. The molecule has 3 heteroatoms. The van der Waals surface area contributed by atoms with Crippen LogP contribution in [0.4, 0.5) is 5.69 Å². The van der Waals surface area contributed by atoms with Gasteiger partial charge in [-0.2, -0.15) is 0 Å². The third kappa shape index (κ3) is 2.35. The number of nitrogens with zero attached hydrogens (tertiary/aromatic N) is 1. The highest BCUT2D eigenvalue weighted by Gasteiger charge is 2.04. The Hall–Kier alpha value is -2.42. The molecule has 0 aliphatic heterocycles. The summed E-state index contributed by atoms with van der Waals surface area (Å²) in [6, 6.07) is 16.4. The minimum absolute atomic E-state index is 0.835. The molecule has 0 fully saturated rings. The molecule has 0 amide bonds. The molecule has 1 heterocycles. The quantitative estimate of drug-likeness (QED) is 0.734. The predicted octanol–water partition coefficient (Wildman–Crippen LogP) is 3.47. The first-order valence-corrected chi connectivity index (χ1v) is 6.74. The number of aryl methyl sites for hydroxylation is 2. The van der Waals surface area contributed by atoms with E-state index >= 15 is 0 Å². The van der Waals surface area contributed by atoms with Crippen molar-refractivity contribution in [3.63, 3.8) is 0 Å². The maximum absolute atomic E-state index is 6.07. The standard InChI is InChI=1S/C17H18N2O/c1-20-15-7-5-13(6-8-15)9-11-19-12-10-14-3-2-4-16(18)17(14)19/h2-8,10,12H,9,11,18H2,1H3. The Kier molecular flexibility index (Phi) is 3.33. The summed E-state index contributed by atoms with van der Waals surface area (Å²) in [5.41, 5.74) is 9.33. The molecule has 102 valence electrons. The van der Waals surface area contributed by atoms with E-state index in [1.54, 1.807) is 7.11 Å². The van der Waals surface area contributed by atoms with E-state index in [9.17, 15) is 0 Å². The fraction of sp³-hybridized carbons (Fsp3) is 0.176. The monoisotopic (exact) mass is 266 g/mol. The number of nitrogen functional groups attached to an aromatic ring is 1. The second-order valence-electron chi connectivity index (χ2n) is 4.89. The maximum atomic E-state index is 6.07. The van der Waals surface area contributed by atoms with Crippen molar-refractivity contribution in [2.75, 3.05) is 12.8 Å². The van der Waals surface area contributed by atoms with E-state index in [1.165, 1.54) is 10.9 Å². The van der Waals surface area contributed by atoms with E-state index in [1.807, 2.05) is 24.3 Å². The molecule has 0 aliphatic carbocycles. The fourth-order valence-corrected chi connectivity index (χ4v) is 2.52. The molecule has 0 spiro atoms. The number of hydrogen-bond acceptors (Lipinski definition) is 2. The number of methoxy groups -OCH3 is 1. The zero-order chi connectivity index (χ0) is 13.9. The van der Waals surface area contributed by atoms with Crippen LogP contribution in [0, 0.1) is 0 Å². The molecule has 0 saturated carbocycles. The Morgan fingerprint density at radius 2 is 1.85 bits per heavy atom. The number of ether oxygens (including phenoxy) is 1. The van der Waals surface area contributed by atoms with Crippen molar-refractivity contribution in [3.05, 3.63) is 60.3 Å². The summed E-state index contributed by atoms with van der Waals surface area (Å²) < 4.78 is 7.39. The van der Waals surface area contributed by atoms with E-state index in [-0.39, 0.29) is 0 Å². The number of fused-ring (bicyclic) bond motifs is 1. The topological polar surface area (TPSA) is 40.2 Å². The van der Waals surface area contributed by atoms with Crippen LogP contribution in [-0.4, -0.2) is 11.7 Å². The molecular formula is C17H18N2O. The minimum Gasteiger partial charge on any atom is -0.497 e. The van der Waals surface area contributed by atoms with Gasteiger partial charge in [-0.1, -0.05) is 24.3 Å². The lowest BCUT2D eigenvalue weighted by Crippen LogP contribution is -2.01. The average Bonchev–Trinajstić information content (AvgIpc) is 2.90. The van der Waals surface area contributed by atoms with Gasteiger partial charge in [0.1, 0.15) is 5.75 Å². The molecule has 2 aromatic carbocycles. The van der Waals surface area contributed by atoms with Gasteiger partial charge in [0, 0.05) is 18.1 Å². The lowest BCUT2D eigenvalue weighted by atomic mass is 10.1. The normalized spacial score (nSPS) is 10.8. The van der Waals surface area contributed by atoms with Crippen molar-refractivity contribution in [1.82, 2.24) is 4.57 Å². The number of para-hydroxylation sites is 1. The molecule has 0 atom stereocenters. The second kappa shape index (κ2) is 5.29. The van der Waals surface area contributed by atoms with E-state index in [2.05, 4.69) is 35.0 Å². The Bertz CT molecular complexity index is 713. The van der Waals surface area contributed by atoms with E-state index in [0.29, 0.717) is 0 Å². The summed E-state index contributed by atoms with van der Waals surface area (Å²) in [6.45, 7) is 0.921. The molecule has 20 heavy (non-hydrogen) atoms. The third-order valence-corrected chi connectivity index (χ3v) is 3.62. The molecule has 3 rings (SSSR count). The van der Waals surface area contributed by atoms with E-state index in [4.69, 9.17) is 10.5 Å². The van der Waals surface area contributed by atoms with E-state index < -0.39 is 0 Å². The van der Waals surface area contributed by atoms with Gasteiger partial charge in [0.2, 0.25) is 0 Å². The minimum atomic E-state index is 0.835. The summed E-state index contributed by atoms with van der Waals surface area (Å²) in [6.07, 6.45) is 3.08. The predicted molar refractivity (Wildman–Crippen MR) is 83.0 cm³/mol. The first kappa shape index (κ1) is 12.6. The van der Waals surface area contributed by atoms with Gasteiger partial charge in [-0.15, -0.1) is 0 Å². The van der Waals surface area contributed by atoms with Crippen molar-refractivity contribution < 1.29 is 4.74 Å². The van der Waals surface area contributed by atoms with E-state index in [0.717, 1.165) is 29.9 Å². The first-order valence-electron chi connectivity index (χ1n) is 6.74. The van der Waals surface area contributed by atoms with Crippen LogP contribution in [0.5, 0.6) is 5.75 Å². The molecule has 0 unspecified atom stereocenters. The number of rotatable bonds is 4. The fourth-order valence-electron chi connectivity index (χ4n) is 2.52. The maximum Gasteiger partial charge on any atom is 0.118 e. The largest absolute Gasteiger partial charge is 0.497 e. The van der Waals surface area contributed by atoms with Crippen LogP contribution in [0.2, 0.25) is 0 Å². The number of benzene rings is 2. The SMILES string of the molecule is COc1ccc(CCn2ccc3cccc(N)c32)cc1. The molecule has 0 radical (unpaired) electrons. The average molecular weight is 266 g/mol. The Morgan fingerprint density at radius 3 is 2.60 bits per heavy atom. The summed E-state index contributed by atoms with van der Waals surface area (Å²) in [5, 5.41) is 1.19. The van der Waals surface area contributed by atoms with Crippen molar-refractivity contribution in [3.8, 4) is 5.75 Å². The van der Waals surface area contributed by atoms with Crippen LogP contribution in [0.15, 0.2) is 54.7 Å². The van der Waals surface area contributed by atoms with Crippen LogP contribution in [0.3, 0.4) is 0 Å². The first-order chi connectivity index (χ1) is 9.78. The number of anilines is 1. The lowest BCUT2D eigenvalue weighted by molar-refractivity contribution is 0.414. The summed E-state index contributed by atoms with van der Waals surface area (Å²) in [7, 11) is 1.68. The summed E-state index contributed by atoms with van der Waals surface area (Å²) >= 11 is 0.